The van der Waals surface area contributed by atoms with E-state index < -0.39 is 22.1 Å². The summed E-state index contributed by atoms with van der Waals surface area (Å²) in [6, 6.07) is 3.68. The van der Waals surface area contributed by atoms with Crippen LogP contribution < -0.4 is 4.72 Å². The highest BCUT2D eigenvalue weighted by Crippen LogP contribution is 2.20. The molecule has 18 heavy (non-hydrogen) atoms. The molecule has 0 amide bonds. The number of sulfonamides is 1. The zero-order valence-electron chi connectivity index (χ0n) is 9.42. The van der Waals surface area contributed by atoms with E-state index in [0.717, 1.165) is 6.07 Å². The monoisotopic (exact) mass is 337 g/mol. The molecule has 8 heteroatoms. The minimum absolute atomic E-state index is 0.138. The molecule has 0 saturated heterocycles. The Morgan fingerprint density at radius 2 is 2.11 bits per heavy atom. The lowest BCUT2D eigenvalue weighted by Gasteiger charge is -2.09. The van der Waals surface area contributed by atoms with E-state index in [4.69, 9.17) is 10.2 Å². The predicted octanol–water partition coefficient (Wildman–Crippen LogP) is 0.806. The van der Waals surface area contributed by atoms with Crippen molar-refractivity contribution >= 4 is 31.9 Å². The van der Waals surface area contributed by atoms with Crippen LogP contribution in [-0.4, -0.2) is 37.2 Å². The number of benzene rings is 1. The smallest absolute Gasteiger partial charge is 0.336 e. The standard InChI is InChI=1S/C10H12BrNO5S/c1-6(13)5-12-18(16,17)7-2-3-9(11)8(4-7)10(14)15/h2-4,6,12-13H,5H2,1H3,(H,14,15)/t6-/m0/s1. The van der Waals surface area contributed by atoms with Gasteiger partial charge in [0, 0.05) is 11.0 Å². The molecule has 6 nitrogen and oxygen atoms in total. The van der Waals surface area contributed by atoms with Gasteiger partial charge in [0.05, 0.1) is 16.6 Å². The summed E-state index contributed by atoms with van der Waals surface area (Å²) in [5.41, 5.74) is -0.144. The van der Waals surface area contributed by atoms with E-state index >= 15 is 0 Å². The maximum Gasteiger partial charge on any atom is 0.336 e. The number of aromatic carboxylic acids is 1. The van der Waals surface area contributed by atoms with Gasteiger partial charge in [0.2, 0.25) is 10.0 Å². The van der Waals surface area contributed by atoms with E-state index in [-0.39, 0.29) is 17.0 Å². The molecule has 0 radical (unpaired) electrons. The topological polar surface area (TPSA) is 104 Å². The van der Waals surface area contributed by atoms with E-state index in [9.17, 15) is 13.2 Å². The molecule has 0 aliphatic heterocycles. The Morgan fingerprint density at radius 1 is 1.50 bits per heavy atom. The Kier molecular flexibility index (Phi) is 4.85. The highest BCUT2D eigenvalue weighted by molar-refractivity contribution is 9.10. The minimum Gasteiger partial charge on any atom is -0.478 e. The molecular formula is C10H12BrNO5S. The first-order chi connectivity index (χ1) is 8.24. The number of nitrogens with one attached hydrogen (secondary N) is 1. The molecule has 1 aromatic carbocycles. The van der Waals surface area contributed by atoms with Gasteiger partial charge in [-0.25, -0.2) is 17.9 Å². The molecule has 0 aromatic heterocycles. The number of carboxylic acids is 1. The Labute approximate surface area is 113 Å². The van der Waals surface area contributed by atoms with Crippen molar-refractivity contribution in [3.63, 3.8) is 0 Å². The highest BCUT2D eigenvalue weighted by atomic mass is 79.9. The summed E-state index contributed by atoms with van der Waals surface area (Å²) in [4.78, 5) is 10.7. The van der Waals surface area contributed by atoms with Crippen LogP contribution in [-0.2, 0) is 10.0 Å². The molecule has 0 bridgehead atoms. The van der Waals surface area contributed by atoms with Crippen LogP contribution in [0.5, 0.6) is 0 Å². The van der Waals surface area contributed by atoms with Gasteiger partial charge in [0.15, 0.2) is 0 Å². The number of aliphatic hydroxyl groups is 1. The first kappa shape index (κ1) is 15.1. The van der Waals surface area contributed by atoms with E-state index in [0.29, 0.717) is 4.47 Å². The SMILES string of the molecule is C[C@H](O)CNS(=O)(=O)c1ccc(Br)c(C(=O)O)c1. The van der Waals surface area contributed by atoms with Crippen molar-refractivity contribution in [3.05, 3.63) is 28.2 Å². The number of hydrogen-bond acceptors (Lipinski definition) is 4. The molecule has 0 aliphatic rings. The molecule has 0 heterocycles. The zero-order valence-corrected chi connectivity index (χ0v) is 11.8. The van der Waals surface area contributed by atoms with E-state index in [1.807, 2.05) is 0 Å². The summed E-state index contributed by atoms with van der Waals surface area (Å²) in [5.74, 6) is -1.23. The van der Waals surface area contributed by atoms with Gasteiger partial charge in [-0.05, 0) is 41.1 Å². The number of hydrogen-bond donors (Lipinski definition) is 3. The van der Waals surface area contributed by atoms with Crippen molar-refractivity contribution in [1.82, 2.24) is 4.72 Å². The molecule has 1 atom stereocenters. The van der Waals surface area contributed by atoms with Crippen LogP contribution in [0.2, 0.25) is 0 Å². The summed E-state index contributed by atoms with van der Waals surface area (Å²) >= 11 is 3.02. The number of carboxylic acid groups (broad SMARTS) is 1. The van der Waals surface area contributed by atoms with Gasteiger partial charge >= 0.3 is 5.97 Å². The van der Waals surface area contributed by atoms with Crippen molar-refractivity contribution in [1.29, 1.82) is 0 Å². The van der Waals surface area contributed by atoms with Gasteiger partial charge in [-0.2, -0.15) is 0 Å². The summed E-state index contributed by atoms with van der Waals surface area (Å²) in [5, 5.41) is 17.9. The first-order valence-corrected chi connectivity index (χ1v) is 7.22. The van der Waals surface area contributed by atoms with Crippen LogP contribution in [0.15, 0.2) is 27.6 Å². The molecule has 0 spiro atoms. The third kappa shape index (κ3) is 3.77. The van der Waals surface area contributed by atoms with Crippen LogP contribution in [0, 0.1) is 0 Å². The third-order valence-electron chi connectivity index (χ3n) is 2.05. The van der Waals surface area contributed by atoms with Crippen LogP contribution in [0.25, 0.3) is 0 Å². The van der Waals surface area contributed by atoms with Crippen LogP contribution >= 0.6 is 15.9 Å². The van der Waals surface area contributed by atoms with Crippen LogP contribution in [0.4, 0.5) is 0 Å². The highest BCUT2D eigenvalue weighted by Gasteiger charge is 2.18. The summed E-state index contributed by atoms with van der Waals surface area (Å²) in [6.07, 6.45) is -0.825. The Hall–Kier alpha value is -0.960. The average Bonchev–Trinajstić information content (AvgIpc) is 2.26. The molecule has 1 rings (SSSR count). The summed E-state index contributed by atoms with van der Waals surface area (Å²) in [7, 11) is -3.82. The number of halogens is 1. The fraction of sp³-hybridized carbons (Fsp3) is 0.300. The molecule has 3 N–H and O–H groups in total. The van der Waals surface area contributed by atoms with Gasteiger partial charge in [0.1, 0.15) is 0 Å². The first-order valence-electron chi connectivity index (χ1n) is 4.94. The lowest BCUT2D eigenvalue weighted by Crippen LogP contribution is -2.30. The van der Waals surface area contributed by atoms with Crippen molar-refractivity contribution < 1.29 is 23.4 Å². The number of rotatable bonds is 5. The van der Waals surface area contributed by atoms with Gasteiger partial charge in [-0.15, -0.1) is 0 Å². The second kappa shape index (κ2) is 5.79. The fourth-order valence-electron chi connectivity index (χ4n) is 1.15. The Morgan fingerprint density at radius 3 is 2.61 bits per heavy atom. The lowest BCUT2D eigenvalue weighted by atomic mass is 10.2. The predicted molar refractivity (Wildman–Crippen MR) is 68.0 cm³/mol. The van der Waals surface area contributed by atoms with E-state index in [1.54, 1.807) is 0 Å². The largest absolute Gasteiger partial charge is 0.478 e. The zero-order chi connectivity index (χ0) is 13.9. The molecular weight excluding hydrogens is 326 g/mol. The molecule has 0 saturated carbocycles. The average molecular weight is 338 g/mol. The van der Waals surface area contributed by atoms with E-state index in [2.05, 4.69) is 20.7 Å². The van der Waals surface area contributed by atoms with Gasteiger partial charge in [0.25, 0.3) is 0 Å². The maximum atomic E-state index is 11.8. The Bertz CT molecular complexity index is 555. The second-order valence-electron chi connectivity index (χ2n) is 3.65. The van der Waals surface area contributed by atoms with Crippen LogP contribution in [0.1, 0.15) is 17.3 Å². The normalized spacial score (nSPS) is 13.3. The van der Waals surface area contributed by atoms with Crippen LogP contribution in [0.3, 0.4) is 0 Å². The lowest BCUT2D eigenvalue weighted by molar-refractivity contribution is 0.0695. The van der Waals surface area contributed by atoms with Crippen molar-refractivity contribution in [3.8, 4) is 0 Å². The van der Waals surface area contributed by atoms with Crippen molar-refractivity contribution in [2.75, 3.05) is 6.54 Å². The van der Waals surface area contributed by atoms with E-state index in [1.165, 1.54) is 19.1 Å². The number of aliphatic hydroxyl groups excluding tert-OH is 1. The number of carbonyl (C=O) groups is 1. The second-order valence-corrected chi connectivity index (χ2v) is 6.27. The molecule has 100 valence electrons. The minimum atomic E-state index is -3.82. The van der Waals surface area contributed by atoms with Gasteiger partial charge in [-0.3, -0.25) is 0 Å². The molecule has 0 aliphatic carbocycles. The quantitative estimate of drug-likeness (QED) is 0.737. The molecule has 1 aromatic rings. The van der Waals surface area contributed by atoms with Crippen molar-refractivity contribution in [2.45, 2.75) is 17.9 Å². The fourth-order valence-corrected chi connectivity index (χ4v) is 2.71. The summed E-state index contributed by atoms with van der Waals surface area (Å²) < 4.78 is 26.1. The third-order valence-corrected chi connectivity index (χ3v) is 4.16. The summed E-state index contributed by atoms with van der Waals surface area (Å²) in [6.45, 7) is 1.30. The maximum absolute atomic E-state index is 11.8. The Balaban J connectivity index is 3.10. The molecule has 0 unspecified atom stereocenters. The van der Waals surface area contributed by atoms with Gasteiger partial charge in [-0.1, -0.05) is 0 Å². The molecule has 0 fully saturated rings. The van der Waals surface area contributed by atoms with Gasteiger partial charge < -0.3 is 10.2 Å². The van der Waals surface area contributed by atoms with Crippen molar-refractivity contribution in [2.24, 2.45) is 0 Å².